The van der Waals surface area contributed by atoms with Gasteiger partial charge in [-0.1, -0.05) is 6.42 Å². The summed E-state index contributed by atoms with van der Waals surface area (Å²) in [7, 11) is -0.798. The van der Waals surface area contributed by atoms with Gasteiger partial charge in [0.25, 0.3) is 0 Å². The monoisotopic (exact) mass is 156 g/mol. The molecule has 0 aromatic heterocycles. The largest absolute Gasteiger partial charge is 0.402 e. The van der Waals surface area contributed by atoms with Gasteiger partial charge in [0.05, 0.1) is 0 Å². The van der Waals surface area contributed by atoms with Crippen molar-refractivity contribution in [1.29, 1.82) is 0 Å². The Kier molecular flexibility index (Phi) is 2.00. The highest BCUT2D eigenvalue weighted by molar-refractivity contribution is 7.40. The molecule has 0 N–H and O–H groups in total. The molecule has 0 radical (unpaired) electrons. The van der Waals surface area contributed by atoms with Gasteiger partial charge in [0.1, 0.15) is 0 Å². The molecule has 54 valence electrons. The lowest BCUT2D eigenvalue weighted by atomic mass is 10.00. The van der Waals surface area contributed by atoms with Crippen LogP contribution in [0.4, 0.5) is 13.2 Å². The minimum atomic E-state index is -3.90. The Bertz CT molecular complexity index is 94.9. The Morgan fingerprint density at radius 1 is 1.22 bits per heavy atom. The van der Waals surface area contributed by atoms with E-state index in [-0.39, 0.29) is 5.66 Å². The van der Waals surface area contributed by atoms with Crippen LogP contribution in [0.2, 0.25) is 0 Å². The molecule has 0 heterocycles. The number of hydrogen-bond donors (Lipinski definition) is 0. The van der Waals surface area contributed by atoms with E-state index in [2.05, 4.69) is 0 Å². The molecule has 1 aliphatic rings. The number of rotatable bonds is 1. The van der Waals surface area contributed by atoms with Gasteiger partial charge < -0.3 is 0 Å². The van der Waals surface area contributed by atoms with Gasteiger partial charge in [-0.25, -0.2) is 0 Å². The number of hydrogen-bond acceptors (Lipinski definition) is 0. The topological polar surface area (TPSA) is 0 Å². The fraction of sp³-hybridized carbons (Fsp3) is 1.00. The van der Waals surface area contributed by atoms with Gasteiger partial charge >= 0.3 is 5.92 Å². The average molecular weight is 156 g/mol. The quantitative estimate of drug-likeness (QED) is 0.512. The van der Waals surface area contributed by atoms with Crippen LogP contribution in [0, 0.1) is 0 Å². The molecule has 0 bridgehead atoms. The van der Waals surface area contributed by atoms with Crippen LogP contribution in [0.25, 0.3) is 0 Å². The normalized spacial score (nSPS) is 23.0. The fourth-order valence-electron chi connectivity index (χ4n) is 0.784. The Hall–Kier alpha value is 0.220. The zero-order valence-electron chi connectivity index (χ0n) is 4.83. The van der Waals surface area contributed by atoms with Crippen molar-refractivity contribution < 1.29 is 13.2 Å². The maximum Gasteiger partial charge on any atom is 0.402 e. The van der Waals surface area contributed by atoms with Crippen molar-refractivity contribution in [3.63, 3.8) is 0 Å². The lowest BCUT2D eigenvalue weighted by Crippen LogP contribution is -2.16. The maximum atomic E-state index is 11.5. The standard InChI is InChI=1S/C5H8F3P/c6-5(7,8)9-4-2-1-3-4/h4,9H,1-3H2. The first kappa shape index (κ1) is 7.33. The molecule has 0 nitrogen and oxygen atoms in total. The third-order valence-electron chi connectivity index (χ3n) is 1.47. The molecule has 1 rings (SSSR count). The molecular formula is C5H8F3P. The van der Waals surface area contributed by atoms with Crippen molar-refractivity contribution in [2.45, 2.75) is 30.8 Å². The van der Waals surface area contributed by atoms with Crippen LogP contribution in [0.15, 0.2) is 0 Å². The molecule has 9 heavy (non-hydrogen) atoms. The average Bonchev–Trinajstić information content (AvgIpc) is 1.53. The first-order chi connectivity index (χ1) is 4.08. The summed E-state index contributed by atoms with van der Waals surface area (Å²) in [6.45, 7) is 0. The summed E-state index contributed by atoms with van der Waals surface area (Å²) in [5, 5.41) is 0. The molecule has 1 atom stereocenters. The van der Waals surface area contributed by atoms with Gasteiger partial charge in [0.15, 0.2) is 0 Å². The van der Waals surface area contributed by atoms with E-state index in [1.54, 1.807) is 0 Å². The second kappa shape index (κ2) is 2.45. The van der Waals surface area contributed by atoms with E-state index in [1.165, 1.54) is 0 Å². The molecule has 0 aromatic carbocycles. The van der Waals surface area contributed by atoms with E-state index in [0.29, 0.717) is 0 Å². The molecule has 1 fully saturated rings. The summed E-state index contributed by atoms with van der Waals surface area (Å²) in [6, 6.07) is 0. The summed E-state index contributed by atoms with van der Waals surface area (Å²) in [5.74, 6) is -3.90. The van der Waals surface area contributed by atoms with Crippen LogP contribution in [0.3, 0.4) is 0 Å². The highest BCUT2D eigenvalue weighted by Gasteiger charge is 2.33. The van der Waals surface area contributed by atoms with Crippen LogP contribution < -0.4 is 0 Å². The van der Waals surface area contributed by atoms with Crippen LogP contribution in [-0.4, -0.2) is 11.6 Å². The molecule has 0 aromatic rings. The predicted molar refractivity (Wildman–Crippen MR) is 32.0 cm³/mol. The van der Waals surface area contributed by atoms with Crippen LogP contribution in [0.1, 0.15) is 19.3 Å². The first-order valence-electron chi connectivity index (χ1n) is 2.92. The Morgan fingerprint density at radius 3 is 1.89 bits per heavy atom. The van der Waals surface area contributed by atoms with E-state index in [4.69, 9.17) is 0 Å². The number of halogens is 3. The lowest BCUT2D eigenvalue weighted by Gasteiger charge is -2.25. The SMILES string of the molecule is FC(F)(F)PC1CCC1. The molecule has 0 amide bonds. The van der Waals surface area contributed by atoms with Gasteiger partial charge in [-0.3, -0.25) is 0 Å². The van der Waals surface area contributed by atoms with E-state index >= 15 is 0 Å². The van der Waals surface area contributed by atoms with Crippen molar-refractivity contribution in [2.24, 2.45) is 0 Å². The van der Waals surface area contributed by atoms with Gasteiger partial charge in [0, 0.05) is 0 Å². The van der Waals surface area contributed by atoms with Crippen molar-refractivity contribution in [1.82, 2.24) is 0 Å². The molecule has 0 aliphatic heterocycles. The van der Waals surface area contributed by atoms with Crippen molar-refractivity contribution in [3.05, 3.63) is 0 Å². The second-order valence-corrected chi connectivity index (χ2v) is 3.94. The van der Waals surface area contributed by atoms with Gasteiger partial charge in [-0.05, 0) is 27.1 Å². The molecule has 0 saturated heterocycles. The molecular weight excluding hydrogens is 148 g/mol. The van der Waals surface area contributed by atoms with E-state index in [0.717, 1.165) is 19.3 Å². The van der Waals surface area contributed by atoms with Crippen LogP contribution in [0.5, 0.6) is 0 Å². The minimum absolute atomic E-state index is 0.0231. The van der Waals surface area contributed by atoms with Gasteiger partial charge in [0.2, 0.25) is 0 Å². The molecule has 1 saturated carbocycles. The van der Waals surface area contributed by atoms with Crippen LogP contribution in [-0.2, 0) is 0 Å². The van der Waals surface area contributed by atoms with Crippen molar-refractivity contribution in [3.8, 4) is 0 Å². The summed E-state index contributed by atoms with van der Waals surface area (Å²) < 4.78 is 34.6. The summed E-state index contributed by atoms with van der Waals surface area (Å²) in [5.41, 5.74) is -0.0231. The first-order valence-corrected chi connectivity index (χ1v) is 4.00. The highest BCUT2D eigenvalue weighted by atomic mass is 31.1. The summed E-state index contributed by atoms with van der Waals surface area (Å²) in [4.78, 5) is 0. The van der Waals surface area contributed by atoms with Crippen LogP contribution >= 0.6 is 8.58 Å². The zero-order chi connectivity index (χ0) is 6.91. The molecule has 4 heteroatoms. The minimum Gasteiger partial charge on any atom is -0.167 e. The molecule has 0 spiro atoms. The second-order valence-electron chi connectivity index (χ2n) is 2.27. The van der Waals surface area contributed by atoms with Crippen molar-refractivity contribution >= 4 is 8.58 Å². The number of alkyl halides is 3. The van der Waals surface area contributed by atoms with Crippen molar-refractivity contribution in [2.75, 3.05) is 0 Å². The molecule has 1 unspecified atom stereocenters. The van der Waals surface area contributed by atoms with E-state index in [9.17, 15) is 13.2 Å². The fourth-order valence-corrected chi connectivity index (χ4v) is 1.94. The third kappa shape index (κ3) is 2.53. The lowest BCUT2D eigenvalue weighted by molar-refractivity contribution is -0.0383. The van der Waals surface area contributed by atoms with E-state index in [1.807, 2.05) is 0 Å². The Morgan fingerprint density at radius 2 is 1.78 bits per heavy atom. The summed E-state index contributed by atoms with van der Waals surface area (Å²) in [6.07, 6.45) is 2.57. The highest BCUT2D eigenvalue weighted by Crippen LogP contribution is 2.47. The Balaban J connectivity index is 2.16. The molecule has 1 aliphatic carbocycles. The third-order valence-corrected chi connectivity index (χ3v) is 2.79. The predicted octanol–water partition coefficient (Wildman–Crippen LogP) is 2.74. The summed E-state index contributed by atoms with van der Waals surface area (Å²) >= 11 is 0. The smallest absolute Gasteiger partial charge is 0.167 e. The Labute approximate surface area is 53.6 Å². The zero-order valence-corrected chi connectivity index (χ0v) is 5.83. The maximum absolute atomic E-state index is 11.5. The van der Waals surface area contributed by atoms with E-state index < -0.39 is 14.5 Å². The van der Waals surface area contributed by atoms with Gasteiger partial charge in [-0.2, -0.15) is 13.2 Å². The van der Waals surface area contributed by atoms with Gasteiger partial charge in [-0.15, -0.1) is 0 Å².